The molecule has 8 nitrogen and oxygen atoms in total. The normalized spacial score (nSPS) is 25.6. The highest BCUT2D eigenvalue weighted by atomic mass is 32.2. The molecule has 0 bridgehead atoms. The summed E-state index contributed by atoms with van der Waals surface area (Å²) in [5.41, 5.74) is 4.02. The number of thioether (sulfide) groups is 1. The first-order valence-electron chi connectivity index (χ1n) is 16.5. The summed E-state index contributed by atoms with van der Waals surface area (Å²) in [5, 5.41) is 8.97. The average Bonchev–Trinajstić information content (AvgIpc) is 3.70. The summed E-state index contributed by atoms with van der Waals surface area (Å²) >= 11 is 1.76. The van der Waals surface area contributed by atoms with E-state index < -0.39 is 23.4 Å². The number of hydrogen-bond donors (Lipinski definition) is 3. The van der Waals surface area contributed by atoms with E-state index in [-0.39, 0.29) is 53.9 Å². The van der Waals surface area contributed by atoms with Crippen LogP contribution in [0.1, 0.15) is 61.9 Å². The van der Waals surface area contributed by atoms with Crippen molar-refractivity contribution in [1.82, 2.24) is 20.9 Å². The van der Waals surface area contributed by atoms with Crippen LogP contribution in [0, 0.1) is 46.9 Å². The Morgan fingerprint density at radius 2 is 1.49 bits per heavy atom. The Labute approximate surface area is 281 Å². The molecule has 0 spiro atoms. The second kappa shape index (κ2) is 13.9. The quantitative estimate of drug-likeness (QED) is 0.416. The summed E-state index contributed by atoms with van der Waals surface area (Å²) in [6.45, 7) is 6.39. The number of hydrogen-bond acceptors (Lipinski definition) is 5. The van der Waals surface area contributed by atoms with Gasteiger partial charge in [-0.15, -0.1) is 11.8 Å². The van der Waals surface area contributed by atoms with E-state index in [0.29, 0.717) is 6.42 Å². The summed E-state index contributed by atoms with van der Waals surface area (Å²) in [5.74, 6) is 11.1. The van der Waals surface area contributed by atoms with E-state index >= 15 is 0 Å². The summed E-state index contributed by atoms with van der Waals surface area (Å²) in [6, 6.07) is 14.8. The Hall–Kier alpha value is -4.21. The number of nitrogens with one attached hydrogen (secondary N) is 3. The maximum Gasteiger partial charge on any atom is 0.243 e. The lowest BCUT2D eigenvalue weighted by molar-refractivity contribution is -0.144. The van der Waals surface area contributed by atoms with Gasteiger partial charge in [0.25, 0.3) is 0 Å². The fourth-order valence-electron chi connectivity index (χ4n) is 7.56. The van der Waals surface area contributed by atoms with Crippen molar-refractivity contribution in [2.75, 3.05) is 18.8 Å². The lowest BCUT2D eigenvalue weighted by Crippen LogP contribution is -2.54. The van der Waals surface area contributed by atoms with Crippen LogP contribution >= 0.6 is 11.8 Å². The molecule has 2 saturated heterocycles. The SMILES string of the molecule is C[C@H]1CCSC2CC(C)(C)[C@@H](C(=O)N[C@H]3c4ccccc4C[C@H]3C(=O)NCC#CC#CCNC(=O)C3Cc4ccccc4C3)N2C1=O. The Morgan fingerprint density at radius 3 is 2.17 bits per heavy atom. The van der Waals surface area contributed by atoms with E-state index in [2.05, 4.69) is 65.6 Å². The Bertz CT molecular complexity index is 1670. The van der Waals surface area contributed by atoms with Crippen LogP contribution in [-0.2, 0) is 38.4 Å². The van der Waals surface area contributed by atoms with E-state index in [4.69, 9.17) is 0 Å². The zero-order valence-electron chi connectivity index (χ0n) is 27.2. The summed E-state index contributed by atoms with van der Waals surface area (Å²) in [7, 11) is 0. The predicted octanol–water partition coefficient (Wildman–Crippen LogP) is 3.40. The number of carbonyl (C=O) groups excluding carboxylic acids is 4. The lowest BCUT2D eigenvalue weighted by Gasteiger charge is -2.34. The third-order valence-electron chi connectivity index (χ3n) is 10.0. The molecule has 2 aromatic rings. The van der Waals surface area contributed by atoms with Crippen molar-refractivity contribution in [3.8, 4) is 23.7 Å². The second-order valence-corrected chi connectivity index (χ2v) is 15.1. The van der Waals surface area contributed by atoms with Gasteiger partial charge in [0.1, 0.15) is 6.04 Å². The molecule has 2 heterocycles. The van der Waals surface area contributed by atoms with Gasteiger partial charge in [-0.2, -0.15) is 0 Å². The van der Waals surface area contributed by atoms with E-state index in [1.165, 1.54) is 11.1 Å². The van der Waals surface area contributed by atoms with Gasteiger partial charge in [-0.25, -0.2) is 0 Å². The van der Waals surface area contributed by atoms with Crippen molar-refractivity contribution in [3.63, 3.8) is 0 Å². The van der Waals surface area contributed by atoms with E-state index in [1.807, 2.05) is 48.2 Å². The van der Waals surface area contributed by atoms with Crippen molar-refractivity contribution in [1.29, 1.82) is 0 Å². The summed E-state index contributed by atoms with van der Waals surface area (Å²) in [4.78, 5) is 55.3. The van der Waals surface area contributed by atoms with Gasteiger partial charge < -0.3 is 20.9 Å². The number of rotatable bonds is 6. The molecule has 2 aliphatic heterocycles. The Kier molecular flexibility index (Phi) is 9.66. The predicted molar refractivity (Wildman–Crippen MR) is 182 cm³/mol. The van der Waals surface area contributed by atoms with E-state index in [1.54, 1.807) is 11.8 Å². The fraction of sp³-hybridized carbons (Fsp3) is 0.474. The zero-order valence-corrected chi connectivity index (χ0v) is 28.0. The highest BCUT2D eigenvalue weighted by Gasteiger charge is 2.54. The molecule has 0 radical (unpaired) electrons. The van der Waals surface area contributed by atoms with Gasteiger partial charge in [0, 0.05) is 11.8 Å². The van der Waals surface area contributed by atoms with Crippen LogP contribution in [0.5, 0.6) is 0 Å². The van der Waals surface area contributed by atoms with Crippen LogP contribution in [0.25, 0.3) is 0 Å². The molecular formula is C38H42N4O4S. The molecule has 9 heteroatoms. The molecule has 5 atom stereocenters. The summed E-state index contributed by atoms with van der Waals surface area (Å²) in [6.07, 6.45) is 3.56. The lowest BCUT2D eigenvalue weighted by atomic mass is 9.83. The Balaban J connectivity index is 1.04. The minimum absolute atomic E-state index is 0.00212. The molecular weight excluding hydrogens is 609 g/mol. The topological polar surface area (TPSA) is 108 Å². The number of fused-ring (bicyclic) bond motifs is 3. The number of carbonyl (C=O) groups is 4. The first-order chi connectivity index (χ1) is 22.6. The number of benzene rings is 2. The van der Waals surface area contributed by atoms with Crippen molar-refractivity contribution >= 4 is 35.4 Å². The van der Waals surface area contributed by atoms with Gasteiger partial charge in [-0.1, -0.05) is 81.1 Å². The van der Waals surface area contributed by atoms with Gasteiger partial charge in [0.05, 0.1) is 30.4 Å². The standard InChI is InChI=1S/C38H42N4O4S/c1-24-16-19-47-31-23-38(2,3)33(42(31)37(24)46)36(45)41-32-29-15-9-8-14-27(29)22-30(32)35(44)40-18-11-5-4-10-17-39-34(43)28-20-25-12-6-7-13-26(25)21-28/h6-9,12-15,24,28,30-33H,16-23H2,1-3H3,(H,39,43)(H,40,44)(H,41,45)/t24-,30+,31?,32-,33+/m0/s1. The van der Waals surface area contributed by atoms with Gasteiger partial charge in [-0.3, -0.25) is 19.2 Å². The minimum atomic E-state index is -0.604. The molecule has 6 rings (SSSR count). The molecule has 0 aromatic heterocycles. The second-order valence-electron chi connectivity index (χ2n) is 13.8. The van der Waals surface area contributed by atoms with Crippen LogP contribution in [0.15, 0.2) is 48.5 Å². The van der Waals surface area contributed by atoms with E-state index in [9.17, 15) is 19.2 Å². The summed E-state index contributed by atoms with van der Waals surface area (Å²) < 4.78 is 0. The van der Waals surface area contributed by atoms with Crippen LogP contribution in [0.3, 0.4) is 0 Å². The fourth-order valence-corrected chi connectivity index (χ4v) is 9.26. The number of amides is 4. The molecule has 4 amide bonds. The zero-order chi connectivity index (χ0) is 33.1. The molecule has 244 valence electrons. The van der Waals surface area contributed by atoms with Crippen molar-refractivity contribution in [2.24, 2.45) is 23.2 Å². The molecule has 2 aliphatic carbocycles. The molecule has 2 fully saturated rings. The first-order valence-corrected chi connectivity index (χ1v) is 17.6. The molecule has 2 aromatic carbocycles. The molecule has 1 unspecified atom stereocenters. The van der Waals surface area contributed by atoms with Crippen LogP contribution in [0.2, 0.25) is 0 Å². The third kappa shape index (κ3) is 6.92. The minimum Gasteiger partial charge on any atom is -0.347 e. The molecule has 0 saturated carbocycles. The van der Waals surface area contributed by atoms with Gasteiger partial charge in [-0.05, 0) is 77.4 Å². The maximum absolute atomic E-state index is 14.1. The maximum atomic E-state index is 14.1. The average molecular weight is 651 g/mol. The smallest absolute Gasteiger partial charge is 0.243 e. The van der Waals surface area contributed by atoms with Crippen molar-refractivity contribution in [3.05, 3.63) is 70.8 Å². The molecule has 47 heavy (non-hydrogen) atoms. The molecule has 4 aliphatic rings. The Morgan fingerprint density at radius 1 is 0.872 bits per heavy atom. The monoisotopic (exact) mass is 650 g/mol. The van der Waals surface area contributed by atoms with Crippen LogP contribution in [-0.4, -0.2) is 58.8 Å². The van der Waals surface area contributed by atoms with Crippen LogP contribution in [0.4, 0.5) is 0 Å². The highest BCUT2D eigenvalue weighted by Crippen LogP contribution is 2.47. The van der Waals surface area contributed by atoms with Crippen LogP contribution < -0.4 is 16.0 Å². The van der Waals surface area contributed by atoms with Gasteiger partial charge >= 0.3 is 0 Å². The molecule has 3 N–H and O–H groups in total. The third-order valence-corrected chi connectivity index (χ3v) is 11.3. The van der Waals surface area contributed by atoms with Gasteiger partial charge in [0.15, 0.2) is 0 Å². The highest BCUT2D eigenvalue weighted by molar-refractivity contribution is 7.99. The van der Waals surface area contributed by atoms with Crippen molar-refractivity contribution in [2.45, 2.75) is 70.3 Å². The first kappa shape index (κ1) is 32.7. The van der Waals surface area contributed by atoms with E-state index in [0.717, 1.165) is 42.6 Å². The van der Waals surface area contributed by atoms with Gasteiger partial charge in [0.2, 0.25) is 23.6 Å². The number of nitrogens with zero attached hydrogens (tertiary/aromatic N) is 1. The van der Waals surface area contributed by atoms with Crippen molar-refractivity contribution < 1.29 is 19.2 Å². The largest absolute Gasteiger partial charge is 0.347 e.